The molecule has 0 fully saturated rings. The third-order valence-corrected chi connectivity index (χ3v) is 3.78. The average Bonchev–Trinajstić information content (AvgIpc) is 2.57. The number of rotatable bonds is 5. The van der Waals surface area contributed by atoms with Gasteiger partial charge < -0.3 is 15.0 Å². The minimum atomic E-state index is -0.312. The molecular weight excluding hydrogens is 298 g/mol. The van der Waals surface area contributed by atoms with Crippen LogP contribution in [0.15, 0.2) is 18.2 Å². The summed E-state index contributed by atoms with van der Waals surface area (Å²) >= 11 is 0. The fourth-order valence-corrected chi connectivity index (χ4v) is 2.42. The van der Waals surface area contributed by atoms with E-state index >= 15 is 0 Å². The first kappa shape index (κ1) is 16.8. The minimum absolute atomic E-state index is 0.103. The van der Waals surface area contributed by atoms with Crippen molar-refractivity contribution in [1.82, 2.24) is 10.2 Å². The molecule has 0 saturated heterocycles. The van der Waals surface area contributed by atoms with Crippen molar-refractivity contribution in [1.29, 1.82) is 0 Å². The molecule has 1 N–H and O–H groups in total. The second-order valence-electron chi connectivity index (χ2n) is 5.10. The van der Waals surface area contributed by atoms with Crippen LogP contribution in [-0.2, 0) is 9.59 Å². The van der Waals surface area contributed by atoms with Gasteiger partial charge in [-0.05, 0) is 32.0 Å². The fraction of sp³-hybridized carbons (Fsp3) is 0.438. The van der Waals surface area contributed by atoms with Crippen LogP contribution in [0.1, 0.15) is 24.2 Å². The molecule has 23 heavy (non-hydrogen) atoms. The van der Waals surface area contributed by atoms with E-state index in [9.17, 15) is 14.4 Å². The van der Waals surface area contributed by atoms with Gasteiger partial charge in [-0.2, -0.15) is 0 Å². The molecule has 0 saturated carbocycles. The van der Waals surface area contributed by atoms with E-state index in [1.807, 2.05) is 13.8 Å². The molecule has 0 bridgehead atoms. The first-order valence-corrected chi connectivity index (χ1v) is 7.58. The minimum Gasteiger partial charge on any atom is -0.482 e. The number of benzene rings is 1. The summed E-state index contributed by atoms with van der Waals surface area (Å²) in [6.45, 7) is 4.80. The Morgan fingerprint density at radius 2 is 2.00 bits per heavy atom. The Morgan fingerprint density at radius 1 is 1.30 bits per heavy atom. The highest BCUT2D eigenvalue weighted by molar-refractivity contribution is 6.04. The fourth-order valence-electron chi connectivity index (χ4n) is 2.42. The van der Waals surface area contributed by atoms with E-state index in [0.717, 1.165) is 0 Å². The Bertz CT molecular complexity index is 626. The Labute approximate surface area is 135 Å². The summed E-state index contributed by atoms with van der Waals surface area (Å²) in [6.07, 6.45) is 0. The molecule has 2 rings (SSSR count). The third-order valence-electron chi connectivity index (χ3n) is 3.78. The molecule has 0 spiro atoms. The van der Waals surface area contributed by atoms with Crippen LogP contribution in [0.4, 0.5) is 5.69 Å². The second-order valence-corrected chi connectivity index (χ2v) is 5.10. The number of hydrogen-bond donors (Lipinski definition) is 1. The molecule has 3 amide bonds. The molecule has 0 atom stereocenters. The smallest absolute Gasteiger partial charge is 0.265 e. The lowest BCUT2D eigenvalue weighted by atomic mass is 10.1. The summed E-state index contributed by atoms with van der Waals surface area (Å²) in [4.78, 5) is 39.2. The van der Waals surface area contributed by atoms with Gasteiger partial charge in [-0.1, -0.05) is 0 Å². The van der Waals surface area contributed by atoms with Crippen molar-refractivity contribution in [2.45, 2.75) is 13.8 Å². The largest absolute Gasteiger partial charge is 0.482 e. The van der Waals surface area contributed by atoms with Gasteiger partial charge in [0.25, 0.3) is 11.8 Å². The molecule has 0 aliphatic carbocycles. The summed E-state index contributed by atoms with van der Waals surface area (Å²) in [5.41, 5.74) is 0.913. The van der Waals surface area contributed by atoms with Crippen molar-refractivity contribution < 1.29 is 19.1 Å². The van der Waals surface area contributed by atoms with E-state index in [4.69, 9.17) is 4.74 Å². The van der Waals surface area contributed by atoms with Gasteiger partial charge in [0.2, 0.25) is 5.91 Å². The van der Waals surface area contributed by atoms with Crippen LogP contribution >= 0.6 is 0 Å². The van der Waals surface area contributed by atoms with Gasteiger partial charge in [0.1, 0.15) is 12.3 Å². The van der Waals surface area contributed by atoms with Crippen LogP contribution < -0.4 is 15.0 Å². The van der Waals surface area contributed by atoms with E-state index in [2.05, 4.69) is 5.32 Å². The highest BCUT2D eigenvalue weighted by Gasteiger charge is 2.28. The van der Waals surface area contributed by atoms with Crippen molar-refractivity contribution in [2.75, 3.05) is 38.2 Å². The average molecular weight is 319 g/mol. The van der Waals surface area contributed by atoms with Gasteiger partial charge in [0.15, 0.2) is 6.61 Å². The second kappa shape index (κ2) is 7.13. The first-order valence-electron chi connectivity index (χ1n) is 7.58. The van der Waals surface area contributed by atoms with Crippen molar-refractivity contribution in [3.05, 3.63) is 23.8 Å². The Hall–Kier alpha value is -2.57. The van der Waals surface area contributed by atoms with Gasteiger partial charge in [-0.15, -0.1) is 0 Å². The van der Waals surface area contributed by atoms with Crippen molar-refractivity contribution in [3.63, 3.8) is 0 Å². The van der Waals surface area contributed by atoms with Crippen LogP contribution in [0.5, 0.6) is 5.75 Å². The molecule has 1 aromatic rings. The molecule has 0 unspecified atom stereocenters. The molecule has 0 radical (unpaired) electrons. The molecule has 7 heteroatoms. The lowest BCUT2D eigenvalue weighted by Gasteiger charge is -2.29. The lowest BCUT2D eigenvalue weighted by molar-refractivity contribution is -0.125. The molecule has 7 nitrogen and oxygen atoms in total. The maximum Gasteiger partial charge on any atom is 0.265 e. The zero-order valence-electron chi connectivity index (χ0n) is 13.6. The van der Waals surface area contributed by atoms with Crippen LogP contribution in [0, 0.1) is 0 Å². The SMILES string of the molecule is CCN(CC)C(=O)c1ccc2c(c1)N(CC(=O)NC)C(=O)CO2. The standard InChI is InChI=1S/C16H21N3O4/c1-4-18(5-2)16(22)11-6-7-13-12(8-11)19(9-14(20)17-3)15(21)10-23-13/h6-8H,4-5,9-10H2,1-3H3,(H,17,20). The molecule has 124 valence electrons. The van der Waals surface area contributed by atoms with Gasteiger partial charge in [0, 0.05) is 25.7 Å². The maximum absolute atomic E-state index is 12.5. The van der Waals surface area contributed by atoms with E-state index < -0.39 is 0 Å². The topological polar surface area (TPSA) is 79.0 Å². The van der Waals surface area contributed by atoms with Crippen molar-refractivity contribution >= 4 is 23.4 Å². The maximum atomic E-state index is 12.5. The highest BCUT2D eigenvalue weighted by atomic mass is 16.5. The molecule has 1 aromatic carbocycles. The summed E-state index contributed by atoms with van der Waals surface area (Å²) in [5, 5.41) is 2.49. The molecule has 1 heterocycles. The zero-order valence-corrected chi connectivity index (χ0v) is 13.6. The van der Waals surface area contributed by atoms with E-state index in [-0.39, 0.29) is 30.9 Å². The van der Waals surface area contributed by atoms with Crippen molar-refractivity contribution in [3.8, 4) is 5.75 Å². The summed E-state index contributed by atoms with van der Waals surface area (Å²) in [7, 11) is 1.51. The van der Waals surface area contributed by atoms with E-state index in [1.54, 1.807) is 23.1 Å². The number of fused-ring (bicyclic) bond motifs is 1. The Balaban J connectivity index is 2.37. The summed E-state index contributed by atoms with van der Waals surface area (Å²) in [6, 6.07) is 4.94. The predicted molar refractivity (Wildman–Crippen MR) is 85.6 cm³/mol. The number of carbonyl (C=O) groups is 3. The van der Waals surface area contributed by atoms with Crippen LogP contribution in [-0.4, -0.2) is 55.9 Å². The Morgan fingerprint density at radius 3 is 2.61 bits per heavy atom. The number of ether oxygens (including phenoxy) is 1. The highest BCUT2D eigenvalue weighted by Crippen LogP contribution is 2.33. The normalized spacial score (nSPS) is 13.2. The predicted octanol–water partition coefficient (Wildman–Crippen LogP) is 0.640. The summed E-state index contributed by atoms with van der Waals surface area (Å²) in [5.74, 6) is -0.222. The number of amides is 3. The van der Waals surface area contributed by atoms with Gasteiger partial charge in [-0.25, -0.2) is 0 Å². The Kier molecular flexibility index (Phi) is 5.20. The van der Waals surface area contributed by atoms with Crippen molar-refractivity contribution in [2.24, 2.45) is 0 Å². The molecule has 1 aliphatic rings. The molecule has 0 aromatic heterocycles. The lowest BCUT2D eigenvalue weighted by Crippen LogP contribution is -2.44. The molecule has 1 aliphatic heterocycles. The van der Waals surface area contributed by atoms with Crippen LogP contribution in [0.3, 0.4) is 0 Å². The van der Waals surface area contributed by atoms with Gasteiger partial charge >= 0.3 is 0 Å². The number of hydrogen-bond acceptors (Lipinski definition) is 4. The number of nitrogens with one attached hydrogen (secondary N) is 1. The monoisotopic (exact) mass is 319 g/mol. The zero-order chi connectivity index (χ0) is 17.0. The quantitative estimate of drug-likeness (QED) is 0.864. The summed E-state index contributed by atoms with van der Waals surface area (Å²) < 4.78 is 5.38. The number of likely N-dealkylation sites (N-methyl/N-ethyl adjacent to an activating group) is 1. The van der Waals surface area contributed by atoms with Gasteiger partial charge in [0.05, 0.1) is 5.69 Å². The molecular formula is C16H21N3O4. The third kappa shape index (κ3) is 3.44. The first-order chi connectivity index (χ1) is 11.0. The number of nitrogens with zero attached hydrogens (tertiary/aromatic N) is 2. The van der Waals surface area contributed by atoms with Gasteiger partial charge in [-0.3, -0.25) is 19.3 Å². The van der Waals surface area contributed by atoms with Crippen LogP contribution in [0.2, 0.25) is 0 Å². The van der Waals surface area contributed by atoms with Crippen LogP contribution in [0.25, 0.3) is 0 Å². The number of carbonyl (C=O) groups excluding carboxylic acids is 3. The number of anilines is 1. The van der Waals surface area contributed by atoms with E-state index in [0.29, 0.717) is 30.1 Å². The van der Waals surface area contributed by atoms with E-state index in [1.165, 1.54) is 11.9 Å².